The van der Waals surface area contributed by atoms with Crippen LogP contribution in [-0.2, 0) is 7.05 Å². The van der Waals surface area contributed by atoms with Gasteiger partial charge in [0.2, 0.25) is 5.95 Å². The molecule has 2 unspecified atom stereocenters. The summed E-state index contributed by atoms with van der Waals surface area (Å²) >= 11 is 0. The Morgan fingerprint density at radius 3 is 2.26 bits per heavy atom. The zero-order chi connectivity index (χ0) is 14.2. The van der Waals surface area contributed by atoms with Crippen molar-refractivity contribution in [1.82, 2.24) is 14.1 Å². The SMILES string of the molecule is CNc1nc(=O)n(C2CC(C)CC(C)C2)c(=O)n1C. The lowest BCUT2D eigenvalue weighted by Crippen LogP contribution is -2.45. The second-order valence-corrected chi connectivity index (χ2v) is 5.75. The maximum Gasteiger partial charge on any atom is 0.355 e. The van der Waals surface area contributed by atoms with Gasteiger partial charge in [-0.05, 0) is 31.1 Å². The minimum absolute atomic E-state index is 0.0247. The molecular weight excluding hydrogens is 244 g/mol. The first-order valence-corrected chi connectivity index (χ1v) is 6.81. The monoisotopic (exact) mass is 266 g/mol. The van der Waals surface area contributed by atoms with E-state index >= 15 is 0 Å². The molecule has 1 aromatic rings. The van der Waals surface area contributed by atoms with Gasteiger partial charge in [-0.3, -0.25) is 4.57 Å². The fourth-order valence-corrected chi connectivity index (χ4v) is 3.20. The van der Waals surface area contributed by atoms with Gasteiger partial charge >= 0.3 is 11.4 Å². The molecule has 0 bridgehead atoms. The number of aromatic nitrogens is 3. The predicted molar refractivity (Wildman–Crippen MR) is 74.5 cm³/mol. The van der Waals surface area contributed by atoms with E-state index in [0.29, 0.717) is 17.8 Å². The molecule has 1 fully saturated rings. The van der Waals surface area contributed by atoms with Crippen LogP contribution in [0, 0.1) is 11.8 Å². The fraction of sp³-hybridized carbons (Fsp3) is 0.769. The minimum atomic E-state index is -0.446. The van der Waals surface area contributed by atoms with Gasteiger partial charge in [0.05, 0.1) is 0 Å². The van der Waals surface area contributed by atoms with E-state index in [0.717, 1.165) is 19.3 Å². The van der Waals surface area contributed by atoms with Crippen molar-refractivity contribution in [3.8, 4) is 0 Å². The fourth-order valence-electron chi connectivity index (χ4n) is 3.20. The quantitative estimate of drug-likeness (QED) is 0.866. The van der Waals surface area contributed by atoms with Crippen molar-refractivity contribution in [3.63, 3.8) is 0 Å². The second kappa shape index (κ2) is 5.19. The number of rotatable bonds is 2. The zero-order valence-corrected chi connectivity index (χ0v) is 12.0. The van der Waals surface area contributed by atoms with Crippen LogP contribution in [0.1, 0.15) is 39.2 Å². The molecule has 19 heavy (non-hydrogen) atoms. The number of hydrogen-bond donors (Lipinski definition) is 1. The lowest BCUT2D eigenvalue weighted by Gasteiger charge is -2.32. The van der Waals surface area contributed by atoms with Crippen LogP contribution in [0.5, 0.6) is 0 Å². The average molecular weight is 266 g/mol. The number of nitrogens with one attached hydrogen (secondary N) is 1. The molecule has 0 saturated heterocycles. The molecule has 1 heterocycles. The molecule has 0 amide bonds. The number of anilines is 1. The molecule has 6 nitrogen and oxygen atoms in total. The lowest BCUT2D eigenvalue weighted by atomic mass is 9.80. The van der Waals surface area contributed by atoms with Gasteiger partial charge in [-0.15, -0.1) is 0 Å². The van der Waals surface area contributed by atoms with Crippen molar-refractivity contribution in [3.05, 3.63) is 21.0 Å². The highest BCUT2D eigenvalue weighted by Crippen LogP contribution is 2.34. The third-order valence-corrected chi connectivity index (χ3v) is 3.96. The van der Waals surface area contributed by atoms with Crippen LogP contribution < -0.4 is 16.7 Å². The third kappa shape index (κ3) is 2.57. The molecule has 0 radical (unpaired) electrons. The Balaban J connectivity index is 2.48. The molecular formula is C13H22N4O2. The summed E-state index contributed by atoms with van der Waals surface area (Å²) in [6, 6.07) is -0.0247. The van der Waals surface area contributed by atoms with Gasteiger partial charge in [0, 0.05) is 20.1 Å². The number of hydrogen-bond acceptors (Lipinski definition) is 4. The third-order valence-electron chi connectivity index (χ3n) is 3.96. The Hall–Kier alpha value is -1.59. The standard InChI is InChI=1S/C13H22N4O2/c1-8-5-9(2)7-10(6-8)17-12(18)15-11(14-3)16(4)13(17)19/h8-10H,5-7H2,1-4H3,(H,14,15,18). The molecule has 2 rings (SSSR count). The smallest absolute Gasteiger partial charge is 0.355 e. The summed E-state index contributed by atoms with van der Waals surface area (Å²) < 4.78 is 2.72. The summed E-state index contributed by atoms with van der Waals surface area (Å²) in [5, 5.41) is 2.76. The molecule has 0 spiro atoms. The summed E-state index contributed by atoms with van der Waals surface area (Å²) in [6.07, 6.45) is 2.91. The molecule has 106 valence electrons. The van der Waals surface area contributed by atoms with E-state index in [-0.39, 0.29) is 11.7 Å². The van der Waals surface area contributed by atoms with Crippen LogP contribution in [0.25, 0.3) is 0 Å². The first-order valence-electron chi connectivity index (χ1n) is 6.81. The molecule has 6 heteroatoms. The van der Waals surface area contributed by atoms with Crippen LogP contribution in [0.3, 0.4) is 0 Å². The Morgan fingerprint density at radius 2 is 1.74 bits per heavy atom. The Kier molecular flexibility index (Phi) is 3.78. The predicted octanol–water partition coefficient (Wildman–Crippen LogP) is 0.981. The van der Waals surface area contributed by atoms with E-state index in [1.807, 2.05) is 0 Å². The summed E-state index contributed by atoms with van der Waals surface area (Å²) in [4.78, 5) is 28.3. The van der Waals surface area contributed by atoms with Crippen LogP contribution >= 0.6 is 0 Å². The van der Waals surface area contributed by atoms with Gasteiger partial charge in [0.1, 0.15) is 0 Å². The first kappa shape index (κ1) is 13.8. The Morgan fingerprint density at radius 1 is 1.16 bits per heavy atom. The molecule has 2 atom stereocenters. The highest BCUT2D eigenvalue weighted by molar-refractivity contribution is 5.21. The number of nitrogens with zero attached hydrogens (tertiary/aromatic N) is 3. The van der Waals surface area contributed by atoms with Crippen molar-refractivity contribution in [1.29, 1.82) is 0 Å². The van der Waals surface area contributed by atoms with Crippen molar-refractivity contribution in [2.24, 2.45) is 18.9 Å². The van der Waals surface area contributed by atoms with Crippen LogP contribution in [0.2, 0.25) is 0 Å². The van der Waals surface area contributed by atoms with Crippen LogP contribution in [-0.4, -0.2) is 21.2 Å². The van der Waals surface area contributed by atoms with E-state index in [4.69, 9.17) is 0 Å². The minimum Gasteiger partial charge on any atom is -0.358 e. The molecule has 1 aliphatic rings. The normalized spacial score (nSPS) is 27.3. The lowest BCUT2D eigenvalue weighted by molar-refractivity contribution is 0.210. The molecule has 0 aromatic carbocycles. The van der Waals surface area contributed by atoms with E-state index in [2.05, 4.69) is 24.1 Å². The molecule has 1 aromatic heterocycles. The average Bonchev–Trinajstić information content (AvgIpc) is 2.32. The van der Waals surface area contributed by atoms with Gasteiger partial charge in [-0.2, -0.15) is 4.98 Å². The zero-order valence-electron chi connectivity index (χ0n) is 12.0. The Bertz CT molecular complexity index is 565. The van der Waals surface area contributed by atoms with E-state index in [1.54, 1.807) is 14.1 Å². The maximum absolute atomic E-state index is 12.3. The molecule has 1 aliphatic carbocycles. The summed E-state index contributed by atoms with van der Waals surface area (Å²) in [7, 11) is 3.28. The highest BCUT2D eigenvalue weighted by Gasteiger charge is 2.28. The maximum atomic E-state index is 12.3. The largest absolute Gasteiger partial charge is 0.358 e. The van der Waals surface area contributed by atoms with Crippen molar-refractivity contribution < 1.29 is 0 Å². The van der Waals surface area contributed by atoms with Gasteiger partial charge in [-0.25, -0.2) is 14.2 Å². The van der Waals surface area contributed by atoms with Crippen molar-refractivity contribution in [2.45, 2.75) is 39.2 Å². The highest BCUT2D eigenvalue weighted by atomic mass is 16.2. The second-order valence-electron chi connectivity index (χ2n) is 5.75. The molecule has 1 N–H and O–H groups in total. The van der Waals surface area contributed by atoms with Gasteiger partial charge in [0.25, 0.3) is 0 Å². The summed E-state index contributed by atoms with van der Waals surface area (Å²) in [5.41, 5.74) is -0.727. The van der Waals surface area contributed by atoms with Gasteiger partial charge < -0.3 is 5.32 Å². The van der Waals surface area contributed by atoms with E-state index in [1.165, 1.54) is 9.13 Å². The van der Waals surface area contributed by atoms with Gasteiger partial charge in [-0.1, -0.05) is 13.8 Å². The summed E-state index contributed by atoms with van der Waals surface area (Å²) in [6.45, 7) is 4.35. The topological polar surface area (TPSA) is 68.9 Å². The van der Waals surface area contributed by atoms with Crippen LogP contribution in [0.15, 0.2) is 9.59 Å². The molecule has 1 saturated carbocycles. The Labute approximate surface area is 112 Å². The van der Waals surface area contributed by atoms with E-state index < -0.39 is 5.69 Å². The van der Waals surface area contributed by atoms with E-state index in [9.17, 15) is 9.59 Å². The van der Waals surface area contributed by atoms with Crippen molar-refractivity contribution >= 4 is 5.95 Å². The molecule has 0 aliphatic heterocycles. The van der Waals surface area contributed by atoms with Gasteiger partial charge in [0.15, 0.2) is 0 Å². The van der Waals surface area contributed by atoms with Crippen molar-refractivity contribution in [2.75, 3.05) is 12.4 Å². The first-order chi connectivity index (χ1) is 8.93. The van der Waals surface area contributed by atoms with Crippen LogP contribution in [0.4, 0.5) is 5.95 Å². The summed E-state index contributed by atoms with van der Waals surface area (Å²) in [5.74, 6) is 1.38.